The van der Waals surface area contributed by atoms with Crippen molar-refractivity contribution in [3.05, 3.63) is 35.9 Å². The van der Waals surface area contributed by atoms with Gasteiger partial charge < -0.3 is 27.0 Å². The number of carbonyl (C=O) groups excluding carboxylic acids is 1. The van der Waals surface area contributed by atoms with Crippen molar-refractivity contribution in [2.75, 3.05) is 6.54 Å². The van der Waals surface area contributed by atoms with Gasteiger partial charge >= 0.3 is 18.1 Å². The number of nitrogens with one attached hydrogen (secondary N) is 1. The number of aliphatic carboxylic acids is 2. The molecule has 0 radical (unpaired) electrons. The van der Waals surface area contributed by atoms with E-state index >= 15 is 0 Å². The predicted molar refractivity (Wildman–Crippen MR) is 80.4 cm³/mol. The third-order valence-corrected chi connectivity index (χ3v) is 2.73. The fraction of sp³-hybridized carbons (Fsp3) is 0.357. The van der Waals surface area contributed by atoms with Crippen LogP contribution in [0, 0.1) is 0 Å². The number of carboxylic acids is 2. The molecule has 0 aliphatic rings. The molecule has 8 nitrogen and oxygen atoms in total. The van der Waals surface area contributed by atoms with Gasteiger partial charge in [0.25, 0.3) is 0 Å². The Hall–Kier alpha value is -2.66. The predicted octanol–water partition coefficient (Wildman–Crippen LogP) is -0.282. The first-order chi connectivity index (χ1) is 11.5. The Balaban J connectivity index is 0.000000697. The second-order valence-corrected chi connectivity index (χ2v) is 4.73. The number of benzene rings is 1. The van der Waals surface area contributed by atoms with Crippen molar-refractivity contribution in [2.45, 2.75) is 24.7 Å². The molecule has 1 amide bonds. The van der Waals surface area contributed by atoms with Crippen LogP contribution >= 0.6 is 0 Å². The van der Waals surface area contributed by atoms with Crippen LogP contribution in [0.15, 0.2) is 30.3 Å². The van der Waals surface area contributed by atoms with Crippen LogP contribution < -0.4 is 16.8 Å². The number of carboxylic acid groups (broad SMARTS) is 2. The van der Waals surface area contributed by atoms with E-state index in [2.05, 4.69) is 5.32 Å². The summed E-state index contributed by atoms with van der Waals surface area (Å²) >= 11 is 0. The summed E-state index contributed by atoms with van der Waals surface area (Å²) in [5, 5.41) is 18.5. The van der Waals surface area contributed by atoms with Crippen molar-refractivity contribution >= 4 is 17.8 Å². The minimum atomic E-state index is -5.08. The molecule has 1 aromatic rings. The van der Waals surface area contributed by atoms with Gasteiger partial charge in [0.1, 0.15) is 6.04 Å². The Morgan fingerprint density at radius 3 is 1.96 bits per heavy atom. The molecule has 0 fully saturated rings. The lowest BCUT2D eigenvalue weighted by molar-refractivity contribution is -0.192. The standard InChI is InChI=1S/C12H17N3O3.C2HF3O2/c13-7-9(14)11(16)15-10(12(17)18)6-8-4-2-1-3-5-8;3-2(4,5)1(6)7/h1-5,9-10H,6-7,13-14H2,(H,15,16)(H,17,18);(H,6,7)/t9-,10-;/m0./s1. The summed E-state index contributed by atoms with van der Waals surface area (Å²) in [6, 6.07) is 7.15. The van der Waals surface area contributed by atoms with Gasteiger partial charge in [0.05, 0.1) is 6.04 Å². The first kappa shape index (κ1) is 22.3. The zero-order valence-electron chi connectivity index (χ0n) is 12.9. The van der Waals surface area contributed by atoms with Crippen LogP contribution in [0.2, 0.25) is 0 Å². The lowest BCUT2D eigenvalue weighted by Gasteiger charge is -2.17. The van der Waals surface area contributed by atoms with Gasteiger partial charge in [-0.2, -0.15) is 13.2 Å². The average Bonchev–Trinajstić information content (AvgIpc) is 2.53. The van der Waals surface area contributed by atoms with Gasteiger partial charge in [-0.3, -0.25) is 4.79 Å². The van der Waals surface area contributed by atoms with Gasteiger partial charge in [0.2, 0.25) is 5.91 Å². The summed E-state index contributed by atoms with van der Waals surface area (Å²) in [6.07, 6.45) is -4.88. The van der Waals surface area contributed by atoms with E-state index in [0.717, 1.165) is 5.56 Å². The molecule has 0 saturated heterocycles. The Bertz CT molecular complexity index is 581. The third kappa shape index (κ3) is 9.27. The van der Waals surface area contributed by atoms with Crippen LogP contribution in [-0.4, -0.2) is 52.9 Å². The summed E-state index contributed by atoms with van der Waals surface area (Å²) in [5.41, 5.74) is 11.5. The van der Waals surface area contributed by atoms with Crippen molar-refractivity contribution in [2.24, 2.45) is 11.5 Å². The SMILES string of the molecule is NC[C@H](N)C(=O)N[C@@H](Cc1ccccc1)C(=O)O.O=C(O)C(F)(F)F. The number of alkyl halides is 3. The van der Waals surface area contributed by atoms with Gasteiger partial charge in [-0.15, -0.1) is 0 Å². The van der Waals surface area contributed by atoms with Crippen LogP contribution in [0.25, 0.3) is 0 Å². The highest BCUT2D eigenvalue weighted by atomic mass is 19.4. The normalized spacial score (nSPS) is 13.0. The molecular weight excluding hydrogens is 347 g/mol. The number of amides is 1. The molecule has 1 rings (SSSR count). The molecule has 25 heavy (non-hydrogen) atoms. The largest absolute Gasteiger partial charge is 0.490 e. The van der Waals surface area contributed by atoms with Crippen LogP contribution in [0.1, 0.15) is 5.56 Å². The maximum atomic E-state index is 11.5. The smallest absolute Gasteiger partial charge is 0.480 e. The number of nitrogens with two attached hydrogens (primary N) is 2. The van der Waals surface area contributed by atoms with Crippen LogP contribution in [0.4, 0.5) is 13.2 Å². The molecule has 0 aliphatic heterocycles. The van der Waals surface area contributed by atoms with Crippen LogP contribution in [0.5, 0.6) is 0 Å². The van der Waals surface area contributed by atoms with Gasteiger partial charge in [0, 0.05) is 13.0 Å². The van der Waals surface area contributed by atoms with E-state index in [1.54, 1.807) is 12.1 Å². The lowest BCUT2D eigenvalue weighted by Crippen LogP contribution is -2.51. The Kier molecular flexibility index (Phi) is 9.16. The zero-order valence-corrected chi connectivity index (χ0v) is 12.9. The lowest BCUT2D eigenvalue weighted by atomic mass is 10.1. The summed E-state index contributed by atoms with van der Waals surface area (Å²) in [7, 11) is 0. The van der Waals surface area contributed by atoms with Crippen molar-refractivity contribution in [3.63, 3.8) is 0 Å². The summed E-state index contributed by atoms with van der Waals surface area (Å²) < 4.78 is 31.7. The Morgan fingerprint density at radius 2 is 1.60 bits per heavy atom. The molecule has 1 aromatic carbocycles. The maximum absolute atomic E-state index is 11.5. The first-order valence-electron chi connectivity index (χ1n) is 6.81. The molecular formula is C14H18F3N3O5. The number of halogens is 3. The minimum absolute atomic E-state index is 0.0243. The molecule has 7 N–H and O–H groups in total. The van der Waals surface area contributed by atoms with Crippen molar-refractivity contribution in [1.29, 1.82) is 0 Å². The van der Waals surface area contributed by atoms with E-state index in [9.17, 15) is 22.8 Å². The molecule has 0 aliphatic carbocycles. The van der Waals surface area contributed by atoms with Crippen LogP contribution in [-0.2, 0) is 20.8 Å². The molecule has 2 atom stereocenters. The average molecular weight is 365 g/mol. The number of carbonyl (C=O) groups is 3. The molecule has 0 bridgehead atoms. The van der Waals surface area contributed by atoms with E-state index in [1.165, 1.54) is 0 Å². The highest BCUT2D eigenvalue weighted by Crippen LogP contribution is 2.13. The second kappa shape index (κ2) is 10.3. The van der Waals surface area contributed by atoms with Crippen molar-refractivity contribution in [3.8, 4) is 0 Å². The second-order valence-electron chi connectivity index (χ2n) is 4.73. The molecule has 0 aromatic heterocycles. The van der Waals surface area contributed by atoms with Crippen molar-refractivity contribution < 1.29 is 37.8 Å². The Morgan fingerprint density at radius 1 is 1.12 bits per heavy atom. The van der Waals surface area contributed by atoms with Gasteiger partial charge in [-0.25, -0.2) is 9.59 Å². The molecule has 11 heteroatoms. The van der Waals surface area contributed by atoms with Gasteiger partial charge in [0.15, 0.2) is 0 Å². The van der Waals surface area contributed by atoms with Crippen LogP contribution in [0.3, 0.4) is 0 Å². The molecule has 0 saturated carbocycles. The topological polar surface area (TPSA) is 156 Å². The number of hydrogen-bond donors (Lipinski definition) is 5. The first-order valence-corrected chi connectivity index (χ1v) is 6.81. The monoisotopic (exact) mass is 365 g/mol. The van der Waals surface area contributed by atoms with E-state index in [-0.39, 0.29) is 13.0 Å². The molecule has 140 valence electrons. The minimum Gasteiger partial charge on any atom is -0.480 e. The summed E-state index contributed by atoms with van der Waals surface area (Å²) in [6.45, 7) is -0.0243. The maximum Gasteiger partial charge on any atom is 0.490 e. The Labute approximate surface area is 140 Å². The fourth-order valence-electron chi connectivity index (χ4n) is 1.44. The summed E-state index contributed by atoms with van der Waals surface area (Å²) in [5.74, 6) is -4.41. The van der Waals surface area contributed by atoms with Crippen molar-refractivity contribution in [1.82, 2.24) is 5.32 Å². The molecule has 0 unspecified atom stereocenters. The van der Waals surface area contributed by atoms with E-state index < -0.39 is 36.1 Å². The fourth-order valence-corrected chi connectivity index (χ4v) is 1.44. The third-order valence-electron chi connectivity index (χ3n) is 2.73. The number of hydrogen-bond acceptors (Lipinski definition) is 5. The highest BCUT2D eigenvalue weighted by molar-refractivity contribution is 5.87. The van der Waals surface area contributed by atoms with E-state index in [1.807, 2.05) is 18.2 Å². The number of rotatable bonds is 6. The summed E-state index contributed by atoms with van der Waals surface area (Å²) in [4.78, 5) is 31.5. The molecule has 0 heterocycles. The van der Waals surface area contributed by atoms with E-state index in [0.29, 0.717) is 0 Å². The highest BCUT2D eigenvalue weighted by Gasteiger charge is 2.38. The molecule has 0 spiro atoms. The zero-order chi connectivity index (χ0) is 19.6. The quantitative estimate of drug-likeness (QED) is 0.464. The van der Waals surface area contributed by atoms with Gasteiger partial charge in [-0.05, 0) is 5.56 Å². The van der Waals surface area contributed by atoms with Gasteiger partial charge in [-0.1, -0.05) is 30.3 Å². The van der Waals surface area contributed by atoms with E-state index in [4.69, 9.17) is 26.5 Å².